The molecule has 17 heavy (non-hydrogen) atoms. The summed E-state index contributed by atoms with van der Waals surface area (Å²) in [6, 6.07) is 3.86. The SMILES string of the molecule is C[C@@H]1CNCCN1C(=O)c1cccnc1.Cl.Cl. The highest BCUT2D eigenvalue weighted by Gasteiger charge is 2.23. The third kappa shape index (κ3) is 3.84. The zero-order valence-corrected chi connectivity index (χ0v) is 11.3. The van der Waals surface area contributed by atoms with Crippen LogP contribution in [0.4, 0.5) is 0 Å². The number of halogens is 2. The zero-order valence-electron chi connectivity index (χ0n) is 9.63. The van der Waals surface area contributed by atoms with Gasteiger partial charge >= 0.3 is 0 Å². The van der Waals surface area contributed by atoms with E-state index in [9.17, 15) is 4.79 Å². The van der Waals surface area contributed by atoms with E-state index in [0.29, 0.717) is 5.56 Å². The Morgan fingerprint density at radius 1 is 1.53 bits per heavy atom. The summed E-state index contributed by atoms with van der Waals surface area (Å²) in [5, 5.41) is 3.26. The minimum absolute atomic E-state index is 0. The lowest BCUT2D eigenvalue weighted by Crippen LogP contribution is -2.52. The molecule has 1 atom stereocenters. The van der Waals surface area contributed by atoms with Crippen molar-refractivity contribution in [2.75, 3.05) is 19.6 Å². The molecular formula is C11H17Cl2N3O. The van der Waals surface area contributed by atoms with Crippen LogP contribution in [-0.2, 0) is 0 Å². The largest absolute Gasteiger partial charge is 0.333 e. The van der Waals surface area contributed by atoms with Gasteiger partial charge in [0.2, 0.25) is 0 Å². The molecule has 1 aromatic heterocycles. The number of amides is 1. The predicted octanol–water partition coefficient (Wildman–Crippen LogP) is 1.36. The number of aromatic nitrogens is 1. The Hall–Kier alpha value is -0.840. The number of carbonyl (C=O) groups excluding carboxylic acids is 1. The van der Waals surface area contributed by atoms with Crippen LogP contribution in [0.1, 0.15) is 17.3 Å². The molecule has 2 rings (SSSR count). The number of hydrogen-bond donors (Lipinski definition) is 1. The highest BCUT2D eigenvalue weighted by molar-refractivity contribution is 5.94. The van der Waals surface area contributed by atoms with Crippen molar-refractivity contribution in [1.82, 2.24) is 15.2 Å². The van der Waals surface area contributed by atoms with Crippen LogP contribution in [0.25, 0.3) is 0 Å². The topological polar surface area (TPSA) is 45.2 Å². The molecule has 1 amide bonds. The Labute approximate surface area is 114 Å². The molecule has 0 aliphatic carbocycles. The quantitative estimate of drug-likeness (QED) is 0.843. The predicted molar refractivity (Wildman–Crippen MR) is 72.1 cm³/mol. The molecule has 1 aromatic rings. The summed E-state index contributed by atoms with van der Waals surface area (Å²) in [7, 11) is 0. The third-order valence-corrected chi connectivity index (χ3v) is 2.67. The lowest BCUT2D eigenvalue weighted by molar-refractivity contribution is 0.0655. The van der Waals surface area contributed by atoms with Crippen molar-refractivity contribution in [3.63, 3.8) is 0 Å². The van der Waals surface area contributed by atoms with Crippen molar-refractivity contribution in [3.8, 4) is 0 Å². The number of nitrogens with one attached hydrogen (secondary N) is 1. The third-order valence-electron chi connectivity index (χ3n) is 2.67. The minimum atomic E-state index is 0. The van der Waals surface area contributed by atoms with Crippen molar-refractivity contribution in [2.45, 2.75) is 13.0 Å². The average molecular weight is 278 g/mol. The molecule has 6 heteroatoms. The van der Waals surface area contributed by atoms with Crippen LogP contribution < -0.4 is 5.32 Å². The number of rotatable bonds is 1. The Bertz CT molecular complexity index is 348. The maximum atomic E-state index is 12.1. The van der Waals surface area contributed by atoms with Crippen LogP contribution in [0.5, 0.6) is 0 Å². The van der Waals surface area contributed by atoms with E-state index >= 15 is 0 Å². The fourth-order valence-corrected chi connectivity index (χ4v) is 1.80. The second kappa shape index (κ2) is 7.48. The summed E-state index contributed by atoms with van der Waals surface area (Å²) in [6.45, 7) is 4.57. The Morgan fingerprint density at radius 2 is 2.29 bits per heavy atom. The molecule has 1 fully saturated rings. The van der Waals surface area contributed by atoms with Crippen LogP contribution in [0, 0.1) is 0 Å². The van der Waals surface area contributed by atoms with E-state index in [4.69, 9.17) is 0 Å². The molecule has 0 saturated carbocycles. The zero-order chi connectivity index (χ0) is 10.7. The Morgan fingerprint density at radius 3 is 2.88 bits per heavy atom. The lowest BCUT2D eigenvalue weighted by Gasteiger charge is -2.33. The summed E-state index contributed by atoms with van der Waals surface area (Å²) in [5.41, 5.74) is 0.672. The van der Waals surface area contributed by atoms with Gasteiger partial charge in [0.15, 0.2) is 0 Å². The number of piperazine rings is 1. The van der Waals surface area contributed by atoms with Crippen LogP contribution in [0.3, 0.4) is 0 Å². The van der Waals surface area contributed by atoms with Crippen molar-refractivity contribution in [3.05, 3.63) is 30.1 Å². The van der Waals surface area contributed by atoms with E-state index in [1.165, 1.54) is 0 Å². The van der Waals surface area contributed by atoms with Gasteiger partial charge in [-0.3, -0.25) is 9.78 Å². The first-order valence-corrected chi connectivity index (χ1v) is 5.21. The molecule has 96 valence electrons. The monoisotopic (exact) mass is 277 g/mol. The molecule has 0 radical (unpaired) electrons. The van der Waals surface area contributed by atoms with Crippen molar-refractivity contribution < 1.29 is 4.79 Å². The molecule has 0 aromatic carbocycles. The minimum Gasteiger partial charge on any atom is -0.333 e. The van der Waals surface area contributed by atoms with Crippen molar-refractivity contribution in [1.29, 1.82) is 0 Å². The Balaban J connectivity index is 0.00000128. The first-order valence-electron chi connectivity index (χ1n) is 5.21. The van der Waals surface area contributed by atoms with Gasteiger partial charge in [-0.1, -0.05) is 0 Å². The van der Waals surface area contributed by atoms with Crippen LogP contribution in [0.2, 0.25) is 0 Å². The van der Waals surface area contributed by atoms with E-state index in [1.807, 2.05) is 11.0 Å². The van der Waals surface area contributed by atoms with Crippen LogP contribution >= 0.6 is 24.8 Å². The number of nitrogens with zero attached hydrogens (tertiary/aromatic N) is 2. The smallest absolute Gasteiger partial charge is 0.255 e. The van der Waals surface area contributed by atoms with Gasteiger partial charge in [-0.15, -0.1) is 24.8 Å². The second-order valence-electron chi connectivity index (χ2n) is 3.79. The number of hydrogen-bond acceptors (Lipinski definition) is 3. The normalized spacial score (nSPS) is 18.9. The van der Waals surface area contributed by atoms with Gasteiger partial charge < -0.3 is 10.2 Å². The first-order chi connectivity index (χ1) is 7.29. The van der Waals surface area contributed by atoms with Gasteiger partial charge in [0, 0.05) is 38.1 Å². The lowest BCUT2D eigenvalue weighted by atomic mass is 10.1. The van der Waals surface area contributed by atoms with Crippen molar-refractivity contribution >= 4 is 30.7 Å². The van der Waals surface area contributed by atoms with Gasteiger partial charge in [-0.2, -0.15) is 0 Å². The maximum absolute atomic E-state index is 12.1. The van der Waals surface area contributed by atoms with E-state index < -0.39 is 0 Å². The molecule has 2 heterocycles. The van der Waals surface area contributed by atoms with E-state index in [2.05, 4.69) is 17.2 Å². The second-order valence-corrected chi connectivity index (χ2v) is 3.79. The van der Waals surface area contributed by atoms with Crippen LogP contribution in [0.15, 0.2) is 24.5 Å². The molecule has 0 unspecified atom stereocenters. The van der Waals surface area contributed by atoms with E-state index in [0.717, 1.165) is 19.6 Å². The molecule has 0 bridgehead atoms. The summed E-state index contributed by atoms with van der Waals surface area (Å²) < 4.78 is 0. The van der Waals surface area contributed by atoms with Gasteiger partial charge in [0.25, 0.3) is 5.91 Å². The van der Waals surface area contributed by atoms with Gasteiger partial charge in [-0.05, 0) is 19.1 Å². The van der Waals surface area contributed by atoms with Crippen molar-refractivity contribution in [2.24, 2.45) is 0 Å². The number of pyridine rings is 1. The molecule has 1 N–H and O–H groups in total. The fourth-order valence-electron chi connectivity index (χ4n) is 1.80. The highest BCUT2D eigenvalue weighted by atomic mass is 35.5. The standard InChI is InChI=1S/C11H15N3O.2ClH/c1-9-7-13-5-6-14(9)11(15)10-3-2-4-12-8-10;;/h2-4,8-9,13H,5-7H2,1H3;2*1H/t9-;;/m1../s1. The van der Waals surface area contributed by atoms with Gasteiger partial charge in [0.05, 0.1) is 5.56 Å². The van der Waals surface area contributed by atoms with E-state index in [1.54, 1.807) is 18.5 Å². The fraction of sp³-hybridized carbons (Fsp3) is 0.455. The summed E-state index contributed by atoms with van der Waals surface area (Å²) in [4.78, 5) is 17.9. The molecular weight excluding hydrogens is 261 g/mol. The Kier molecular flexibility index (Phi) is 7.11. The van der Waals surface area contributed by atoms with Gasteiger partial charge in [0.1, 0.15) is 0 Å². The summed E-state index contributed by atoms with van der Waals surface area (Å²) in [5.74, 6) is 0.0806. The average Bonchev–Trinajstić information content (AvgIpc) is 2.30. The maximum Gasteiger partial charge on any atom is 0.255 e. The highest BCUT2D eigenvalue weighted by Crippen LogP contribution is 2.08. The summed E-state index contributed by atoms with van der Waals surface area (Å²) >= 11 is 0. The number of carbonyl (C=O) groups is 1. The first kappa shape index (κ1) is 16.2. The molecule has 1 aliphatic rings. The van der Waals surface area contributed by atoms with Gasteiger partial charge in [-0.25, -0.2) is 0 Å². The molecule has 1 saturated heterocycles. The van der Waals surface area contributed by atoms with E-state index in [-0.39, 0.29) is 36.8 Å². The molecule has 4 nitrogen and oxygen atoms in total. The molecule has 1 aliphatic heterocycles. The van der Waals surface area contributed by atoms with Crippen LogP contribution in [-0.4, -0.2) is 41.5 Å². The molecule has 0 spiro atoms. The summed E-state index contributed by atoms with van der Waals surface area (Å²) in [6.07, 6.45) is 3.30.